The standard InChI is InChI=1S/C18H26N4O4.C2H6/c1-23-7-9-25-16-11-14-15(12-17(16)26-10-8-24-2)20-13-21-18(14)22-5-3-19-4-6-22;1-2/h11-13,19H,3-10H2,1-2H3;1-2H3. The Morgan fingerprint density at radius 1 is 0.893 bits per heavy atom. The van der Waals surface area contributed by atoms with Gasteiger partial charge in [-0.15, -0.1) is 0 Å². The third-order valence-corrected chi connectivity index (χ3v) is 4.19. The average Bonchev–Trinajstić information content (AvgIpc) is 2.76. The molecule has 0 bridgehead atoms. The van der Waals surface area contributed by atoms with Crippen molar-refractivity contribution < 1.29 is 18.9 Å². The van der Waals surface area contributed by atoms with Gasteiger partial charge in [0, 0.05) is 51.9 Å². The Balaban J connectivity index is 0.00000136. The number of methoxy groups -OCH3 is 2. The van der Waals surface area contributed by atoms with Crippen LogP contribution in [0.4, 0.5) is 5.82 Å². The molecule has 0 atom stereocenters. The SMILES string of the molecule is CC.COCCOc1cc2ncnc(N3CCNCC3)c2cc1OCCOC. The molecule has 2 aromatic rings. The van der Waals surface area contributed by atoms with Crippen molar-refractivity contribution in [2.75, 3.05) is 71.7 Å². The lowest BCUT2D eigenvalue weighted by atomic mass is 10.2. The van der Waals surface area contributed by atoms with Crippen LogP contribution >= 0.6 is 0 Å². The number of hydrogen-bond acceptors (Lipinski definition) is 8. The summed E-state index contributed by atoms with van der Waals surface area (Å²) in [6.45, 7) is 9.62. The first-order valence-electron chi connectivity index (χ1n) is 9.81. The Labute approximate surface area is 167 Å². The monoisotopic (exact) mass is 392 g/mol. The summed E-state index contributed by atoms with van der Waals surface area (Å²) in [6.07, 6.45) is 1.60. The number of nitrogens with zero attached hydrogens (tertiary/aromatic N) is 3. The fourth-order valence-electron chi connectivity index (χ4n) is 2.87. The second kappa shape index (κ2) is 12.3. The fourth-order valence-corrected chi connectivity index (χ4v) is 2.87. The molecular weight excluding hydrogens is 360 g/mol. The van der Waals surface area contributed by atoms with Crippen LogP contribution in [0.5, 0.6) is 11.5 Å². The molecule has 1 aromatic carbocycles. The van der Waals surface area contributed by atoms with E-state index in [0.717, 1.165) is 42.9 Å². The third kappa shape index (κ3) is 5.92. The molecule has 0 aliphatic carbocycles. The van der Waals surface area contributed by atoms with E-state index in [-0.39, 0.29) is 0 Å². The number of aromatic nitrogens is 2. The molecule has 2 heterocycles. The summed E-state index contributed by atoms with van der Waals surface area (Å²) in [4.78, 5) is 11.2. The number of rotatable bonds is 9. The Hall–Kier alpha value is -2.16. The molecule has 0 unspecified atom stereocenters. The van der Waals surface area contributed by atoms with Crippen LogP contribution in [-0.4, -0.2) is 76.8 Å². The molecule has 1 saturated heterocycles. The maximum Gasteiger partial charge on any atom is 0.163 e. The smallest absolute Gasteiger partial charge is 0.163 e. The summed E-state index contributed by atoms with van der Waals surface area (Å²) in [5, 5.41) is 4.32. The van der Waals surface area contributed by atoms with Gasteiger partial charge < -0.3 is 29.2 Å². The van der Waals surface area contributed by atoms with E-state index in [0.29, 0.717) is 37.9 Å². The van der Waals surface area contributed by atoms with E-state index in [4.69, 9.17) is 18.9 Å². The van der Waals surface area contributed by atoms with Crippen LogP contribution < -0.4 is 19.7 Å². The van der Waals surface area contributed by atoms with E-state index >= 15 is 0 Å². The third-order valence-electron chi connectivity index (χ3n) is 4.19. The summed E-state index contributed by atoms with van der Waals surface area (Å²) in [6, 6.07) is 3.87. The lowest BCUT2D eigenvalue weighted by molar-refractivity contribution is 0.132. The van der Waals surface area contributed by atoms with E-state index in [1.165, 1.54) is 0 Å². The number of fused-ring (bicyclic) bond motifs is 1. The van der Waals surface area contributed by atoms with Crippen LogP contribution in [0, 0.1) is 0 Å². The first-order valence-corrected chi connectivity index (χ1v) is 9.81. The first-order chi connectivity index (χ1) is 13.8. The van der Waals surface area contributed by atoms with Gasteiger partial charge >= 0.3 is 0 Å². The molecule has 3 rings (SSSR count). The number of piperazine rings is 1. The van der Waals surface area contributed by atoms with Gasteiger partial charge in [0.1, 0.15) is 25.4 Å². The van der Waals surface area contributed by atoms with Crippen molar-refractivity contribution in [3.63, 3.8) is 0 Å². The Bertz CT molecular complexity index is 708. The topological polar surface area (TPSA) is 78.0 Å². The van der Waals surface area contributed by atoms with Crippen molar-refractivity contribution in [3.8, 4) is 11.5 Å². The van der Waals surface area contributed by atoms with Gasteiger partial charge in [-0.2, -0.15) is 0 Å². The zero-order chi connectivity index (χ0) is 20.2. The van der Waals surface area contributed by atoms with Crippen molar-refractivity contribution in [1.29, 1.82) is 0 Å². The van der Waals surface area contributed by atoms with Crippen LogP contribution in [0.1, 0.15) is 13.8 Å². The Morgan fingerprint density at radius 3 is 2.11 bits per heavy atom. The fraction of sp³-hybridized carbons (Fsp3) is 0.600. The second-order valence-corrected chi connectivity index (χ2v) is 5.93. The normalized spacial score (nSPS) is 13.8. The molecule has 8 heteroatoms. The Morgan fingerprint density at radius 2 is 1.50 bits per heavy atom. The highest BCUT2D eigenvalue weighted by Crippen LogP contribution is 2.35. The van der Waals surface area contributed by atoms with Gasteiger partial charge in [-0.25, -0.2) is 9.97 Å². The molecule has 28 heavy (non-hydrogen) atoms. The van der Waals surface area contributed by atoms with E-state index in [1.807, 2.05) is 26.0 Å². The molecule has 1 aliphatic heterocycles. The molecule has 1 fully saturated rings. The van der Waals surface area contributed by atoms with Gasteiger partial charge in [0.15, 0.2) is 11.5 Å². The summed E-state index contributed by atoms with van der Waals surface area (Å²) in [5.41, 5.74) is 0.833. The van der Waals surface area contributed by atoms with E-state index in [9.17, 15) is 0 Å². The molecule has 1 N–H and O–H groups in total. The van der Waals surface area contributed by atoms with Gasteiger partial charge in [0.05, 0.1) is 18.7 Å². The van der Waals surface area contributed by atoms with Crippen molar-refractivity contribution in [2.24, 2.45) is 0 Å². The van der Waals surface area contributed by atoms with Crippen molar-refractivity contribution in [2.45, 2.75) is 13.8 Å². The van der Waals surface area contributed by atoms with Gasteiger partial charge in [-0.3, -0.25) is 0 Å². The molecule has 1 aliphatic rings. The number of benzene rings is 1. The highest BCUT2D eigenvalue weighted by molar-refractivity contribution is 5.92. The highest BCUT2D eigenvalue weighted by Gasteiger charge is 2.18. The zero-order valence-electron chi connectivity index (χ0n) is 17.4. The lowest BCUT2D eigenvalue weighted by Gasteiger charge is -2.29. The first kappa shape index (κ1) is 22.1. The zero-order valence-corrected chi connectivity index (χ0v) is 17.4. The van der Waals surface area contributed by atoms with Gasteiger partial charge in [-0.1, -0.05) is 13.8 Å². The Kier molecular flexibility index (Phi) is 9.74. The summed E-state index contributed by atoms with van der Waals surface area (Å²) >= 11 is 0. The van der Waals surface area contributed by atoms with E-state index < -0.39 is 0 Å². The van der Waals surface area contributed by atoms with Crippen molar-refractivity contribution in [3.05, 3.63) is 18.5 Å². The van der Waals surface area contributed by atoms with Gasteiger partial charge in [-0.05, 0) is 6.07 Å². The molecule has 156 valence electrons. The predicted molar refractivity (Wildman–Crippen MR) is 111 cm³/mol. The van der Waals surface area contributed by atoms with Crippen LogP contribution in [0.3, 0.4) is 0 Å². The summed E-state index contributed by atoms with van der Waals surface area (Å²) in [7, 11) is 3.29. The number of nitrogens with one attached hydrogen (secondary N) is 1. The minimum atomic E-state index is 0.443. The van der Waals surface area contributed by atoms with Crippen LogP contribution in [0.15, 0.2) is 18.5 Å². The van der Waals surface area contributed by atoms with Gasteiger partial charge in [0.25, 0.3) is 0 Å². The molecule has 0 saturated carbocycles. The molecule has 0 amide bonds. The molecule has 8 nitrogen and oxygen atoms in total. The minimum absolute atomic E-state index is 0.443. The van der Waals surface area contributed by atoms with Gasteiger partial charge in [0.2, 0.25) is 0 Å². The van der Waals surface area contributed by atoms with Crippen molar-refractivity contribution in [1.82, 2.24) is 15.3 Å². The molecule has 0 radical (unpaired) electrons. The maximum absolute atomic E-state index is 5.88. The number of ether oxygens (including phenoxy) is 4. The van der Waals surface area contributed by atoms with Crippen LogP contribution in [0.25, 0.3) is 10.9 Å². The average molecular weight is 393 g/mol. The molecule has 1 aromatic heterocycles. The largest absolute Gasteiger partial charge is 0.487 e. The number of hydrogen-bond donors (Lipinski definition) is 1. The van der Waals surface area contributed by atoms with Crippen LogP contribution in [0.2, 0.25) is 0 Å². The van der Waals surface area contributed by atoms with Crippen molar-refractivity contribution >= 4 is 16.7 Å². The molecule has 0 spiro atoms. The minimum Gasteiger partial charge on any atom is -0.487 e. The molecular formula is C20H32N4O4. The quantitative estimate of drug-likeness (QED) is 0.650. The maximum atomic E-state index is 5.88. The lowest BCUT2D eigenvalue weighted by Crippen LogP contribution is -2.44. The second-order valence-electron chi connectivity index (χ2n) is 5.93. The van der Waals surface area contributed by atoms with E-state index in [2.05, 4.69) is 20.2 Å². The summed E-state index contributed by atoms with van der Waals surface area (Å²) in [5.74, 6) is 2.24. The van der Waals surface area contributed by atoms with Crippen LogP contribution in [-0.2, 0) is 9.47 Å². The number of anilines is 1. The highest BCUT2D eigenvalue weighted by atomic mass is 16.5. The van der Waals surface area contributed by atoms with E-state index in [1.54, 1.807) is 20.5 Å². The predicted octanol–water partition coefficient (Wildman–Crippen LogP) is 2.12. The summed E-state index contributed by atoms with van der Waals surface area (Å²) < 4.78 is 21.9.